The first kappa shape index (κ1) is 14.9. The van der Waals surface area contributed by atoms with E-state index in [-0.39, 0.29) is 0 Å². The number of pyridine rings is 1. The van der Waals surface area contributed by atoms with E-state index in [2.05, 4.69) is 37.9 Å². The van der Waals surface area contributed by atoms with E-state index in [0.29, 0.717) is 4.99 Å². The molecule has 0 radical (unpaired) electrons. The summed E-state index contributed by atoms with van der Waals surface area (Å²) in [5.74, 6) is 0.871. The van der Waals surface area contributed by atoms with Crippen molar-refractivity contribution in [3.63, 3.8) is 0 Å². The standard InChI is InChI=1S/C15H16BrN3S/c1-10-7-12(15(17)20)8-14(18-10)19(2)9-11-3-5-13(16)6-4-11/h3-8H,9H2,1-2H3,(H2,17,20). The third-order valence-corrected chi connectivity index (χ3v) is 3.71. The van der Waals surface area contributed by atoms with E-state index in [1.54, 1.807) is 0 Å². The third-order valence-electron chi connectivity index (χ3n) is 2.95. The number of benzene rings is 1. The maximum absolute atomic E-state index is 5.70. The molecule has 0 bridgehead atoms. The molecule has 5 heteroatoms. The number of hydrogen-bond acceptors (Lipinski definition) is 3. The van der Waals surface area contributed by atoms with E-state index < -0.39 is 0 Å². The summed E-state index contributed by atoms with van der Waals surface area (Å²) in [6.07, 6.45) is 0. The number of nitrogens with zero attached hydrogens (tertiary/aromatic N) is 2. The topological polar surface area (TPSA) is 42.1 Å². The fourth-order valence-corrected chi connectivity index (χ4v) is 2.32. The minimum absolute atomic E-state index is 0.397. The SMILES string of the molecule is Cc1cc(C(N)=S)cc(N(C)Cc2ccc(Br)cc2)n1. The van der Waals surface area contributed by atoms with Gasteiger partial charge < -0.3 is 10.6 Å². The number of anilines is 1. The number of nitrogens with two attached hydrogens (primary N) is 1. The minimum atomic E-state index is 0.397. The highest BCUT2D eigenvalue weighted by Gasteiger charge is 2.07. The van der Waals surface area contributed by atoms with Crippen molar-refractivity contribution in [3.8, 4) is 0 Å². The van der Waals surface area contributed by atoms with Crippen molar-refractivity contribution in [1.82, 2.24) is 4.98 Å². The van der Waals surface area contributed by atoms with Crippen LogP contribution in [0.15, 0.2) is 40.9 Å². The maximum Gasteiger partial charge on any atom is 0.129 e. The summed E-state index contributed by atoms with van der Waals surface area (Å²) in [6, 6.07) is 12.1. The molecular weight excluding hydrogens is 334 g/mol. The summed E-state index contributed by atoms with van der Waals surface area (Å²) in [6.45, 7) is 2.72. The quantitative estimate of drug-likeness (QED) is 0.858. The van der Waals surface area contributed by atoms with Crippen LogP contribution in [0, 0.1) is 6.92 Å². The molecule has 0 amide bonds. The Bertz CT molecular complexity index is 626. The second-order valence-electron chi connectivity index (χ2n) is 4.70. The molecule has 2 N–H and O–H groups in total. The Hall–Kier alpha value is -1.46. The molecule has 0 fully saturated rings. The first-order valence-corrected chi connectivity index (χ1v) is 7.40. The molecule has 2 rings (SSSR count). The van der Waals surface area contributed by atoms with Crippen LogP contribution in [0.3, 0.4) is 0 Å². The normalized spacial score (nSPS) is 10.3. The molecule has 1 aromatic heterocycles. The highest BCUT2D eigenvalue weighted by molar-refractivity contribution is 9.10. The lowest BCUT2D eigenvalue weighted by Crippen LogP contribution is -2.19. The van der Waals surface area contributed by atoms with Gasteiger partial charge in [0.2, 0.25) is 0 Å². The zero-order valence-corrected chi connectivity index (χ0v) is 13.8. The molecule has 0 aliphatic carbocycles. The molecule has 0 aliphatic rings. The van der Waals surface area contributed by atoms with E-state index >= 15 is 0 Å². The van der Waals surface area contributed by atoms with Gasteiger partial charge in [-0.2, -0.15) is 0 Å². The van der Waals surface area contributed by atoms with Gasteiger partial charge in [0.1, 0.15) is 10.8 Å². The Morgan fingerprint density at radius 3 is 2.55 bits per heavy atom. The molecule has 2 aromatic rings. The fourth-order valence-electron chi connectivity index (χ4n) is 1.93. The van der Waals surface area contributed by atoms with Gasteiger partial charge >= 0.3 is 0 Å². The maximum atomic E-state index is 5.70. The number of aromatic nitrogens is 1. The summed E-state index contributed by atoms with van der Waals surface area (Å²) < 4.78 is 1.08. The molecule has 104 valence electrons. The third kappa shape index (κ3) is 3.77. The molecule has 0 saturated heterocycles. The predicted octanol–water partition coefficient (Wildman–Crippen LogP) is 3.42. The van der Waals surface area contributed by atoms with Gasteiger partial charge in [0.15, 0.2) is 0 Å². The Balaban J connectivity index is 2.22. The van der Waals surface area contributed by atoms with Crippen molar-refractivity contribution in [2.24, 2.45) is 5.73 Å². The van der Waals surface area contributed by atoms with Gasteiger partial charge in [0.25, 0.3) is 0 Å². The average Bonchev–Trinajstić information content (AvgIpc) is 2.40. The van der Waals surface area contributed by atoms with Crippen LogP contribution >= 0.6 is 28.1 Å². The first-order chi connectivity index (χ1) is 9.45. The van der Waals surface area contributed by atoms with Gasteiger partial charge in [-0.25, -0.2) is 4.98 Å². The highest BCUT2D eigenvalue weighted by Crippen LogP contribution is 2.17. The minimum Gasteiger partial charge on any atom is -0.389 e. The summed E-state index contributed by atoms with van der Waals surface area (Å²) in [7, 11) is 2.01. The average molecular weight is 350 g/mol. The van der Waals surface area contributed by atoms with Crippen LogP contribution in [0.25, 0.3) is 0 Å². The smallest absolute Gasteiger partial charge is 0.129 e. The van der Waals surface area contributed by atoms with E-state index in [4.69, 9.17) is 18.0 Å². The van der Waals surface area contributed by atoms with Gasteiger partial charge in [-0.05, 0) is 36.8 Å². The number of rotatable bonds is 4. The van der Waals surface area contributed by atoms with Crippen molar-refractivity contribution in [1.29, 1.82) is 0 Å². The zero-order valence-electron chi connectivity index (χ0n) is 11.4. The lowest BCUT2D eigenvalue weighted by Gasteiger charge is -2.19. The van der Waals surface area contributed by atoms with E-state index in [1.165, 1.54) is 5.56 Å². The van der Waals surface area contributed by atoms with Gasteiger partial charge in [-0.3, -0.25) is 0 Å². The molecule has 0 unspecified atom stereocenters. The number of hydrogen-bond donors (Lipinski definition) is 1. The zero-order chi connectivity index (χ0) is 14.7. The number of halogens is 1. The Kier molecular flexibility index (Phi) is 4.73. The van der Waals surface area contributed by atoms with Crippen LogP contribution in [-0.4, -0.2) is 17.0 Å². The highest BCUT2D eigenvalue weighted by atomic mass is 79.9. The van der Waals surface area contributed by atoms with Crippen LogP contribution in [0.5, 0.6) is 0 Å². The molecular formula is C15H16BrN3S. The lowest BCUT2D eigenvalue weighted by molar-refractivity contribution is 0.891. The summed E-state index contributed by atoms with van der Waals surface area (Å²) in [4.78, 5) is 7.01. The molecule has 0 aliphatic heterocycles. The molecule has 20 heavy (non-hydrogen) atoms. The van der Waals surface area contributed by atoms with Crippen LogP contribution in [0.1, 0.15) is 16.8 Å². The lowest BCUT2D eigenvalue weighted by atomic mass is 10.2. The second kappa shape index (κ2) is 6.33. The molecule has 3 nitrogen and oxygen atoms in total. The van der Waals surface area contributed by atoms with Crippen molar-refractivity contribution >= 4 is 39.0 Å². The molecule has 1 aromatic carbocycles. The molecule has 0 saturated carbocycles. The van der Waals surface area contributed by atoms with Gasteiger partial charge in [-0.1, -0.05) is 40.3 Å². The Morgan fingerprint density at radius 2 is 1.95 bits per heavy atom. The van der Waals surface area contributed by atoms with Crippen LogP contribution in [0.4, 0.5) is 5.82 Å². The van der Waals surface area contributed by atoms with Crippen molar-refractivity contribution in [2.75, 3.05) is 11.9 Å². The second-order valence-corrected chi connectivity index (χ2v) is 6.06. The van der Waals surface area contributed by atoms with Crippen LogP contribution < -0.4 is 10.6 Å². The van der Waals surface area contributed by atoms with Crippen molar-refractivity contribution < 1.29 is 0 Å². The number of aryl methyl sites for hydroxylation is 1. The molecule has 0 spiro atoms. The summed E-state index contributed by atoms with van der Waals surface area (Å²) in [5, 5.41) is 0. The Labute approximate surface area is 132 Å². The van der Waals surface area contributed by atoms with Gasteiger partial charge in [-0.15, -0.1) is 0 Å². The van der Waals surface area contributed by atoms with Crippen LogP contribution in [-0.2, 0) is 6.54 Å². The fraction of sp³-hybridized carbons (Fsp3) is 0.200. The first-order valence-electron chi connectivity index (χ1n) is 6.20. The summed E-state index contributed by atoms with van der Waals surface area (Å²) >= 11 is 8.48. The molecule has 1 heterocycles. The van der Waals surface area contributed by atoms with Gasteiger partial charge in [0.05, 0.1) is 0 Å². The van der Waals surface area contributed by atoms with Crippen molar-refractivity contribution in [3.05, 3.63) is 57.7 Å². The predicted molar refractivity (Wildman–Crippen MR) is 91.1 cm³/mol. The van der Waals surface area contributed by atoms with E-state index in [1.807, 2.05) is 38.2 Å². The van der Waals surface area contributed by atoms with Crippen molar-refractivity contribution in [2.45, 2.75) is 13.5 Å². The summed E-state index contributed by atoms with van der Waals surface area (Å²) in [5.41, 5.74) is 8.68. The molecule has 0 atom stereocenters. The van der Waals surface area contributed by atoms with Gasteiger partial charge in [0, 0.05) is 29.3 Å². The number of thiocarbonyl (C=S) groups is 1. The van der Waals surface area contributed by atoms with E-state index in [9.17, 15) is 0 Å². The van der Waals surface area contributed by atoms with Crippen LogP contribution in [0.2, 0.25) is 0 Å². The largest absolute Gasteiger partial charge is 0.389 e. The Morgan fingerprint density at radius 1 is 1.30 bits per heavy atom. The van der Waals surface area contributed by atoms with E-state index in [0.717, 1.165) is 28.1 Å². The monoisotopic (exact) mass is 349 g/mol.